The predicted octanol–water partition coefficient (Wildman–Crippen LogP) is 1.55. The van der Waals surface area contributed by atoms with E-state index in [1.54, 1.807) is 0 Å². The molecule has 1 N–H and O–H groups in total. The van der Waals surface area contributed by atoms with Crippen LogP contribution in [0.1, 0.15) is 37.8 Å². The van der Waals surface area contributed by atoms with Crippen LogP contribution in [-0.4, -0.2) is 35.3 Å². The highest BCUT2D eigenvalue weighted by atomic mass is 16.5. The molecule has 2 rings (SSSR count). The van der Waals surface area contributed by atoms with E-state index in [4.69, 9.17) is 4.74 Å². The van der Waals surface area contributed by atoms with Crippen molar-refractivity contribution in [3.63, 3.8) is 0 Å². The summed E-state index contributed by atoms with van der Waals surface area (Å²) in [6.45, 7) is 6.14. The quantitative estimate of drug-likeness (QED) is 0.638. The van der Waals surface area contributed by atoms with Gasteiger partial charge in [-0.1, -0.05) is 6.07 Å². The first-order valence-electron chi connectivity index (χ1n) is 7.71. The van der Waals surface area contributed by atoms with E-state index in [2.05, 4.69) is 5.32 Å². The van der Waals surface area contributed by atoms with E-state index in [0.717, 1.165) is 16.9 Å². The van der Waals surface area contributed by atoms with Crippen LogP contribution in [0.2, 0.25) is 0 Å². The Bertz CT molecular complexity index is 613. The number of carbonyl (C=O) groups is 3. The molecule has 6 heteroatoms. The Labute approximate surface area is 135 Å². The topological polar surface area (TPSA) is 75.7 Å². The van der Waals surface area contributed by atoms with Crippen molar-refractivity contribution in [3.8, 4) is 5.75 Å². The third kappa shape index (κ3) is 4.31. The second-order valence-electron chi connectivity index (χ2n) is 6.00. The van der Waals surface area contributed by atoms with Crippen molar-refractivity contribution >= 4 is 18.2 Å². The number of piperidine rings is 1. The van der Waals surface area contributed by atoms with Gasteiger partial charge in [0.25, 0.3) is 0 Å². The van der Waals surface area contributed by atoms with Gasteiger partial charge in [-0.15, -0.1) is 0 Å². The van der Waals surface area contributed by atoms with Crippen molar-refractivity contribution in [2.24, 2.45) is 0 Å². The molecule has 1 aliphatic heterocycles. The fourth-order valence-electron chi connectivity index (χ4n) is 2.58. The molecule has 23 heavy (non-hydrogen) atoms. The maximum absolute atomic E-state index is 11.9. The summed E-state index contributed by atoms with van der Waals surface area (Å²) in [5.74, 6) is 0.0240. The number of nitrogens with one attached hydrogen (secondary N) is 1. The van der Waals surface area contributed by atoms with Crippen molar-refractivity contribution in [1.29, 1.82) is 0 Å². The van der Waals surface area contributed by atoms with Crippen molar-refractivity contribution in [3.05, 3.63) is 29.3 Å². The SMILES string of the molecule is Cc1ccc(OC(C)C)cc1CN(C=O)C1CCC(=O)NC1=O. The average Bonchev–Trinajstić information content (AvgIpc) is 2.48. The Kier molecular flexibility index (Phi) is 5.36. The lowest BCUT2D eigenvalue weighted by atomic mass is 10.0. The van der Waals surface area contributed by atoms with Crippen molar-refractivity contribution in [2.45, 2.75) is 52.3 Å². The minimum Gasteiger partial charge on any atom is -0.491 e. The molecule has 1 aromatic rings. The zero-order valence-corrected chi connectivity index (χ0v) is 13.7. The molecule has 1 saturated heterocycles. The summed E-state index contributed by atoms with van der Waals surface area (Å²) < 4.78 is 5.67. The maximum Gasteiger partial charge on any atom is 0.249 e. The van der Waals surface area contributed by atoms with Gasteiger partial charge in [-0.25, -0.2) is 0 Å². The lowest BCUT2D eigenvalue weighted by molar-refractivity contribution is -0.141. The van der Waals surface area contributed by atoms with Gasteiger partial charge in [0, 0.05) is 13.0 Å². The Morgan fingerprint density at radius 3 is 2.74 bits per heavy atom. The number of hydrogen-bond acceptors (Lipinski definition) is 4. The number of nitrogens with zero attached hydrogens (tertiary/aromatic N) is 1. The molecule has 6 nitrogen and oxygen atoms in total. The van der Waals surface area contributed by atoms with Crippen LogP contribution in [0.4, 0.5) is 0 Å². The molecule has 124 valence electrons. The Balaban J connectivity index is 2.16. The number of aryl methyl sites for hydroxylation is 1. The smallest absolute Gasteiger partial charge is 0.249 e. The first-order valence-corrected chi connectivity index (χ1v) is 7.71. The van der Waals surface area contributed by atoms with Gasteiger partial charge < -0.3 is 9.64 Å². The summed E-state index contributed by atoms with van der Waals surface area (Å²) in [7, 11) is 0. The van der Waals surface area contributed by atoms with Gasteiger partial charge >= 0.3 is 0 Å². The fraction of sp³-hybridized carbons (Fsp3) is 0.471. The Morgan fingerprint density at radius 1 is 1.39 bits per heavy atom. The first-order chi connectivity index (χ1) is 10.9. The van der Waals surface area contributed by atoms with Crippen LogP contribution >= 0.6 is 0 Å². The van der Waals surface area contributed by atoms with Gasteiger partial charge in [0.05, 0.1) is 6.10 Å². The first kappa shape index (κ1) is 17.0. The molecule has 0 radical (unpaired) electrons. The van der Waals surface area contributed by atoms with Gasteiger partial charge in [0.2, 0.25) is 18.2 Å². The minimum absolute atomic E-state index is 0.0582. The highest BCUT2D eigenvalue weighted by Crippen LogP contribution is 2.22. The molecule has 0 saturated carbocycles. The zero-order valence-electron chi connectivity index (χ0n) is 13.7. The predicted molar refractivity (Wildman–Crippen MR) is 84.7 cm³/mol. The summed E-state index contributed by atoms with van der Waals surface area (Å²) >= 11 is 0. The van der Waals surface area contributed by atoms with Crippen LogP contribution in [0.15, 0.2) is 18.2 Å². The summed E-state index contributed by atoms with van der Waals surface area (Å²) in [6.07, 6.45) is 1.32. The second-order valence-corrected chi connectivity index (χ2v) is 6.00. The zero-order chi connectivity index (χ0) is 17.0. The molecule has 0 aromatic heterocycles. The molecular formula is C17H22N2O4. The van der Waals surface area contributed by atoms with Crippen LogP contribution in [-0.2, 0) is 20.9 Å². The standard InChI is InChI=1S/C17H22N2O4/c1-11(2)23-14-5-4-12(3)13(8-14)9-19(10-20)15-6-7-16(21)18-17(15)22/h4-5,8,10-11,15H,6-7,9H2,1-3H3,(H,18,21,22). The van der Waals surface area contributed by atoms with E-state index in [-0.39, 0.29) is 18.4 Å². The molecule has 3 amide bonds. The van der Waals surface area contributed by atoms with Crippen molar-refractivity contribution in [2.75, 3.05) is 0 Å². The number of ether oxygens (including phenoxy) is 1. The highest BCUT2D eigenvalue weighted by molar-refractivity contribution is 6.00. The third-order valence-electron chi connectivity index (χ3n) is 3.79. The van der Waals surface area contributed by atoms with Gasteiger partial charge in [-0.3, -0.25) is 19.7 Å². The van der Waals surface area contributed by atoms with E-state index in [1.165, 1.54) is 4.90 Å². The van der Waals surface area contributed by atoms with Crippen LogP contribution in [0, 0.1) is 6.92 Å². The Morgan fingerprint density at radius 2 is 2.13 bits per heavy atom. The van der Waals surface area contributed by atoms with E-state index in [1.807, 2.05) is 39.0 Å². The number of amides is 3. The highest BCUT2D eigenvalue weighted by Gasteiger charge is 2.31. The van der Waals surface area contributed by atoms with Crippen molar-refractivity contribution in [1.82, 2.24) is 10.2 Å². The van der Waals surface area contributed by atoms with E-state index >= 15 is 0 Å². The molecule has 0 spiro atoms. The number of benzene rings is 1. The minimum atomic E-state index is -0.612. The molecule has 1 aromatic carbocycles. The Hall–Kier alpha value is -2.37. The molecule has 1 atom stereocenters. The maximum atomic E-state index is 11.9. The third-order valence-corrected chi connectivity index (χ3v) is 3.79. The number of carbonyl (C=O) groups excluding carboxylic acids is 3. The largest absolute Gasteiger partial charge is 0.491 e. The molecule has 1 fully saturated rings. The van der Waals surface area contributed by atoms with Crippen molar-refractivity contribution < 1.29 is 19.1 Å². The number of rotatable bonds is 6. The van der Waals surface area contributed by atoms with Crippen LogP contribution in [0.5, 0.6) is 5.75 Å². The summed E-state index contributed by atoms with van der Waals surface area (Å²) in [5.41, 5.74) is 1.93. The summed E-state index contributed by atoms with van der Waals surface area (Å²) in [5, 5.41) is 2.28. The van der Waals surface area contributed by atoms with E-state index in [0.29, 0.717) is 19.4 Å². The van der Waals surface area contributed by atoms with Gasteiger partial charge in [-0.05, 0) is 50.5 Å². The molecule has 0 aliphatic carbocycles. The normalized spacial score (nSPS) is 17.8. The van der Waals surface area contributed by atoms with Gasteiger partial charge in [-0.2, -0.15) is 0 Å². The molecule has 0 bridgehead atoms. The fourth-order valence-corrected chi connectivity index (χ4v) is 2.58. The molecular weight excluding hydrogens is 296 g/mol. The monoisotopic (exact) mass is 318 g/mol. The van der Waals surface area contributed by atoms with Crippen LogP contribution in [0.25, 0.3) is 0 Å². The molecule has 1 heterocycles. The van der Waals surface area contributed by atoms with Gasteiger partial charge in [0.1, 0.15) is 11.8 Å². The summed E-state index contributed by atoms with van der Waals surface area (Å²) in [4.78, 5) is 36.0. The van der Waals surface area contributed by atoms with Crippen LogP contribution < -0.4 is 10.1 Å². The lowest BCUT2D eigenvalue weighted by Gasteiger charge is -2.30. The lowest BCUT2D eigenvalue weighted by Crippen LogP contribution is -2.51. The van der Waals surface area contributed by atoms with Crippen LogP contribution in [0.3, 0.4) is 0 Å². The summed E-state index contributed by atoms with van der Waals surface area (Å²) in [6, 6.07) is 5.09. The van der Waals surface area contributed by atoms with E-state index in [9.17, 15) is 14.4 Å². The van der Waals surface area contributed by atoms with Gasteiger partial charge in [0.15, 0.2) is 0 Å². The molecule has 1 unspecified atom stereocenters. The second kappa shape index (κ2) is 7.26. The number of imide groups is 1. The average molecular weight is 318 g/mol. The molecule has 1 aliphatic rings. The van der Waals surface area contributed by atoms with E-state index < -0.39 is 11.9 Å². The number of hydrogen-bond donors (Lipinski definition) is 1.